The molecule has 4 nitrogen and oxygen atoms in total. The Bertz CT molecular complexity index is 592. The van der Waals surface area contributed by atoms with Gasteiger partial charge in [0.25, 0.3) is 5.91 Å². The number of nitrogens with one attached hydrogen (secondary N) is 1. The van der Waals surface area contributed by atoms with E-state index >= 15 is 0 Å². The largest absolute Gasteiger partial charge is 0.497 e. The minimum absolute atomic E-state index is 0.124. The second kappa shape index (κ2) is 5.96. The van der Waals surface area contributed by atoms with E-state index in [0.29, 0.717) is 22.1 Å². The maximum Gasteiger partial charge on any atom is 0.265 e. The molecule has 0 spiro atoms. The monoisotopic (exact) mass is 291 g/mol. The van der Waals surface area contributed by atoms with Gasteiger partial charge in [-0.25, -0.2) is 0 Å². The van der Waals surface area contributed by atoms with Crippen LogP contribution in [0.4, 0.5) is 5.69 Å². The van der Waals surface area contributed by atoms with Crippen molar-refractivity contribution in [2.45, 2.75) is 13.8 Å². The molecule has 0 radical (unpaired) electrons. The Kier molecular flexibility index (Phi) is 4.29. The Morgan fingerprint density at radius 1 is 1.05 bits per heavy atom. The SMILES string of the molecule is COc1cc(NC(=O)c2cc(C)c(C)s2)cc(OC)c1. The second-order valence-corrected chi connectivity index (χ2v) is 5.66. The molecule has 2 rings (SSSR count). The summed E-state index contributed by atoms with van der Waals surface area (Å²) < 4.78 is 10.4. The summed E-state index contributed by atoms with van der Waals surface area (Å²) in [6.07, 6.45) is 0. The van der Waals surface area contributed by atoms with E-state index in [1.807, 2.05) is 19.9 Å². The van der Waals surface area contributed by atoms with E-state index in [0.717, 1.165) is 10.4 Å². The molecular weight excluding hydrogens is 274 g/mol. The van der Waals surface area contributed by atoms with Gasteiger partial charge in [0.15, 0.2) is 0 Å². The third-order valence-corrected chi connectivity index (χ3v) is 4.15. The number of anilines is 1. The van der Waals surface area contributed by atoms with Crippen molar-refractivity contribution in [2.24, 2.45) is 0 Å². The molecule has 0 saturated heterocycles. The topological polar surface area (TPSA) is 47.6 Å². The van der Waals surface area contributed by atoms with Crippen LogP contribution >= 0.6 is 11.3 Å². The van der Waals surface area contributed by atoms with Crippen molar-refractivity contribution in [2.75, 3.05) is 19.5 Å². The zero-order valence-electron chi connectivity index (χ0n) is 11.9. The number of methoxy groups -OCH3 is 2. The van der Waals surface area contributed by atoms with Gasteiger partial charge in [-0.3, -0.25) is 4.79 Å². The van der Waals surface area contributed by atoms with Crippen LogP contribution in [0.15, 0.2) is 24.3 Å². The molecule has 106 valence electrons. The molecule has 20 heavy (non-hydrogen) atoms. The van der Waals surface area contributed by atoms with Crippen molar-refractivity contribution in [3.8, 4) is 11.5 Å². The van der Waals surface area contributed by atoms with Crippen molar-refractivity contribution in [1.29, 1.82) is 0 Å². The van der Waals surface area contributed by atoms with Crippen molar-refractivity contribution >= 4 is 22.9 Å². The average Bonchev–Trinajstić information content (AvgIpc) is 2.78. The number of amides is 1. The molecule has 2 aromatic rings. The van der Waals surface area contributed by atoms with Gasteiger partial charge in [-0.15, -0.1) is 11.3 Å². The first-order chi connectivity index (χ1) is 9.53. The van der Waals surface area contributed by atoms with E-state index in [2.05, 4.69) is 5.32 Å². The predicted molar refractivity (Wildman–Crippen MR) is 81.3 cm³/mol. The standard InChI is InChI=1S/C15H17NO3S/c1-9-5-14(20-10(9)2)15(17)16-11-6-12(18-3)8-13(7-11)19-4/h5-8H,1-4H3,(H,16,17). The zero-order chi connectivity index (χ0) is 14.7. The van der Waals surface area contributed by atoms with Gasteiger partial charge in [0, 0.05) is 28.8 Å². The van der Waals surface area contributed by atoms with Crippen molar-refractivity contribution in [3.63, 3.8) is 0 Å². The van der Waals surface area contributed by atoms with Crippen LogP contribution in [0.25, 0.3) is 0 Å². The number of carbonyl (C=O) groups is 1. The van der Waals surface area contributed by atoms with Crippen LogP contribution in [0.5, 0.6) is 11.5 Å². The van der Waals surface area contributed by atoms with Gasteiger partial charge < -0.3 is 14.8 Å². The summed E-state index contributed by atoms with van der Waals surface area (Å²) in [5.74, 6) is 1.15. The minimum atomic E-state index is -0.124. The van der Waals surface area contributed by atoms with Gasteiger partial charge in [-0.05, 0) is 25.5 Å². The highest BCUT2D eigenvalue weighted by Gasteiger charge is 2.12. The van der Waals surface area contributed by atoms with E-state index < -0.39 is 0 Å². The number of hydrogen-bond donors (Lipinski definition) is 1. The third-order valence-electron chi connectivity index (χ3n) is 3.00. The molecule has 0 saturated carbocycles. The summed E-state index contributed by atoms with van der Waals surface area (Å²) in [6.45, 7) is 4.00. The maximum absolute atomic E-state index is 12.2. The zero-order valence-corrected chi connectivity index (χ0v) is 12.8. The lowest BCUT2D eigenvalue weighted by atomic mass is 10.2. The van der Waals surface area contributed by atoms with Crippen LogP contribution in [0, 0.1) is 13.8 Å². The molecule has 0 bridgehead atoms. The molecule has 5 heteroatoms. The summed E-state index contributed by atoms with van der Waals surface area (Å²) in [4.78, 5) is 14.0. The Hall–Kier alpha value is -2.01. The summed E-state index contributed by atoms with van der Waals surface area (Å²) in [7, 11) is 3.15. The summed E-state index contributed by atoms with van der Waals surface area (Å²) >= 11 is 1.49. The Morgan fingerprint density at radius 3 is 2.10 bits per heavy atom. The van der Waals surface area contributed by atoms with Gasteiger partial charge in [0.1, 0.15) is 11.5 Å². The lowest BCUT2D eigenvalue weighted by Gasteiger charge is -2.09. The lowest BCUT2D eigenvalue weighted by Crippen LogP contribution is -2.10. The Labute approximate surface area is 122 Å². The third kappa shape index (κ3) is 3.11. The average molecular weight is 291 g/mol. The van der Waals surface area contributed by atoms with Crippen molar-refractivity contribution in [1.82, 2.24) is 0 Å². The molecule has 1 heterocycles. The van der Waals surface area contributed by atoms with Crippen LogP contribution in [0.1, 0.15) is 20.1 Å². The Morgan fingerprint density at radius 2 is 1.65 bits per heavy atom. The second-order valence-electron chi connectivity index (χ2n) is 4.41. The molecular formula is C15H17NO3S. The van der Waals surface area contributed by atoms with Crippen LogP contribution in [0.2, 0.25) is 0 Å². The highest BCUT2D eigenvalue weighted by atomic mass is 32.1. The molecule has 0 aliphatic carbocycles. The van der Waals surface area contributed by atoms with Gasteiger partial charge in [-0.2, -0.15) is 0 Å². The normalized spacial score (nSPS) is 10.2. The summed E-state index contributed by atoms with van der Waals surface area (Å²) in [5.41, 5.74) is 1.78. The van der Waals surface area contributed by atoms with E-state index in [9.17, 15) is 4.79 Å². The quantitative estimate of drug-likeness (QED) is 0.935. The molecule has 0 aliphatic rings. The number of rotatable bonds is 4. The molecule has 0 unspecified atom stereocenters. The smallest absolute Gasteiger partial charge is 0.265 e. The summed E-state index contributed by atoms with van der Waals surface area (Å²) in [6, 6.07) is 7.17. The molecule has 1 aromatic heterocycles. The highest BCUT2D eigenvalue weighted by Crippen LogP contribution is 2.27. The Balaban J connectivity index is 2.22. The van der Waals surface area contributed by atoms with Crippen molar-refractivity contribution < 1.29 is 14.3 Å². The number of thiophene rings is 1. The van der Waals surface area contributed by atoms with E-state index in [4.69, 9.17) is 9.47 Å². The number of aryl methyl sites for hydroxylation is 2. The van der Waals surface area contributed by atoms with Gasteiger partial charge in [0.05, 0.1) is 19.1 Å². The molecule has 1 amide bonds. The number of benzene rings is 1. The molecule has 0 fully saturated rings. The fourth-order valence-corrected chi connectivity index (χ4v) is 2.69. The molecule has 0 atom stereocenters. The lowest BCUT2D eigenvalue weighted by molar-refractivity contribution is 0.103. The fourth-order valence-electron chi connectivity index (χ4n) is 1.76. The van der Waals surface area contributed by atoms with E-state index in [1.165, 1.54) is 11.3 Å². The predicted octanol–water partition coefficient (Wildman–Crippen LogP) is 3.63. The van der Waals surface area contributed by atoms with Gasteiger partial charge in [0.2, 0.25) is 0 Å². The molecule has 0 aliphatic heterocycles. The van der Waals surface area contributed by atoms with Gasteiger partial charge >= 0.3 is 0 Å². The van der Waals surface area contributed by atoms with E-state index in [-0.39, 0.29) is 5.91 Å². The molecule has 1 N–H and O–H groups in total. The number of hydrogen-bond acceptors (Lipinski definition) is 4. The first kappa shape index (κ1) is 14.4. The van der Waals surface area contributed by atoms with Crippen LogP contribution in [0.3, 0.4) is 0 Å². The van der Waals surface area contributed by atoms with Crippen molar-refractivity contribution in [3.05, 3.63) is 39.6 Å². The van der Waals surface area contributed by atoms with Gasteiger partial charge in [-0.1, -0.05) is 0 Å². The summed E-state index contributed by atoms with van der Waals surface area (Å²) in [5, 5.41) is 2.86. The fraction of sp³-hybridized carbons (Fsp3) is 0.267. The highest BCUT2D eigenvalue weighted by molar-refractivity contribution is 7.14. The first-order valence-electron chi connectivity index (χ1n) is 6.15. The van der Waals surface area contributed by atoms with Crippen LogP contribution in [-0.2, 0) is 0 Å². The first-order valence-corrected chi connectivity index (χ1v) is 6.96. The number of carbonyl (C=O) groups excluding carboxylic acids is 1. The molecule has 1 aromatic carbocycles. The van der Waals surface area contributed by atoms with Crippen LogP contribution < -0.4 is 14.8 Å². The van der Waals surface area contributed by atoms with E-state index in [1.54, 1.807) is 32.4 Å². The maximum atomic E-state index is 12.2. The minimum Gasteiger partial charge on any atom is -0.497 e. The number of ether oxygens (including phenoxy) is 2. The van der Waals surface area contributed by atoms with Crippen LogP contribution in [-0.4, -0.2) is 20.1 Å².